The lowest BCUT2D eigenvalue weighted by atomic mass is 10.2. The maximum absolute atomic E-state index is 13.0. The topological polar surface area (TPSA) is 59.8 Å². The number of benzene rings is 1. The Kier molecular flexibility index (Phi) is 4.93. The van der Waals surface area contributed by atoms with Crippen molar-refractivity contribution in [2.24, 2.45) is 0 Å². The highest BCUT2D eigenvalue weighted by Gasteiger charge is 2.29. The molecule has 0 amide bonds. The van der Waals surface area contributed by atoms with Gasteiger partial charge in [-0.05, 0) is 43.2 Å². The predicted molar refractivity (Wildman–Crippen MR) is 92.0 cm³/mol. The molecule has 0 N–H and O–H groups in total. The van der Waals surface area contributed by atoms with Crippen LogP contribution in [-0.4, -0.2) is 26.9 Å². The number of ether oxygens (including phenoxy) is 1. The normalized spacial score (nSPS) is 17.5. The van der Waals surface area contributed by atoms with Crippen molar-refractivity contribution in [2.75, 3.05) is 16.7 Å². The highest BCUT2D eigenvalue weighted by Crippen LogP contribution is 2.25. The second kappa shape index (κ2) is 7.12. The van der Waals surface area contributed by atoms with Gasteiger partial charge in [-0.25, -0.2) is 8.42 Å². The summed E-state index contributed by atoms with van der Waals surface area (Å²) in [5.41, 5.74) is 1.16. The molecule has 2 aromatic rings. The van der Waals surface area contributed by atoms with E-state index in [1.807, 2.05) is 0 Å². The highest BCUT2D eigenvalue weighted by atomic mass is 32.2. The van der Waals surface area contributed by atoms with Crippen molar-refractivity contribution in [3.63, 3.8) is 0 Å². The number of furan rings is 1. The molecular weight excluding hydrogens is 326 g/mol. The summed E-state index contributed by atoms with van der Waals surface area (Å²) < 4.78 is 38.1. The number of rotatable bonds is 6. The minimum Gasteiger partial charge on any atom is -0.467 e. The molecule has 1 fully saturated rings. The molecule has 3 rings (SSSR count). The molecule has 0 bridgehead atoms. The van der Waals surface area contributed by atoms with E-state index >= 15 is 0 Å². The van der Waals surface area contributed by atoms with E-state index in [4.69, 9.17) is 15.6 Å². The molecule has 0 aliphatic carbocycles. The third-order valence-electron chi connectivity index (χ3n) is 3.94. The molecule has 126 valence electrons. The SMILES string of the molecule is C#Cc1cccc(N(Cc2ccco2)S(=O)(=O)C[C@H]2CCCO2)c1. The Labute approximate surface area is 142 Å². The van der Waals surface area contributed by atoms with Crippen LogP contribution < -0.4 is 4.31 Å². The summed E-state index contributed by atoms with van der Waals surface area (Å²) in [6, 6.07) is 10.4. The summed E-state index contributed by atoms with van der Waals surface area (Å²) >= 11 is 0. The number of terminal acetylenes is 1. The van der Waals surface area contributed by atoms with E-state index in [9.17, 15) is 8.42 Å². The Bertz CT molecular complexity index is 815. The van der Waals surface area contributed by atoms with Gasteiger partial charge in [-0.15, -0.1) is 6.42 Å². The second-order valence-corrected chi connectivity index (χ2v) is 7.63. The van der Waals surface area contributed by atoms with E-state index in [-0.39, 0.29) is 18.4 Å². The number of hydrogen-bond donors (Lipinski definition) is 0. The van der Waals surface area contributed by atoms with Gasteiger partial charge in [0.05, 0.1) is 30.4 Å². The Morgan fingerprint density at radius 2 is 2.17 bits per heavy atom. The van der Waals surface area contributed by atoms with Gasteiger partial charge in [0.2, 0.25) is 10.0 Å². The molecule has 1 saturated heterocycles. The van der Waals surface area contributed by atoms with Crippen molar-refractivity contribution in [1.82, 2.24) is 0 Å². The van der Waals surface area contributed by atoms with Crippen molar-refractivity contribution < 1.29 is 17.6 Å². The van der Waals surface area contributed by atoms with Crippen LogP contribution in [0.15, 0.2) is 47.1 Å². The third kappa shape index (κ3) is 3.81. The second-order valence-electron chi connectivity index (χ2n) is 5.69. The summed E-state index contributed by atoms with van der Waals surface area (Å²) in [5, 5.41) is 0. The molecular formula is C18H19NO4S. The van der Waals surface area contributed by atoms with Crippen LogP contribution in [0.25, 0.3) is 0 Å². The molecule has 6 heteroatoms. The molecule has 1 aromatic heterocycles. The highest BCUT2D eigenvalue weighted by molar-refractivity contribution is 7.92. The van der Waals surface area contributed by atoms with Gasteiger partial charge in [-0.3, -0.25) is 4.31 Å². The van der Waals surface area contributed by atoms with Crippen molar-refractivity contribution in [3.05, 3.63) is 54.0 Å². The standard InChI is InChI=1S/C18H19NO4S/c1-2-15-6-3-7-16(12-15)19(13-17-8-4-10-22-17)24(20,21)14-18-9-5-11-23-18/h1,3-4,6-8,10,12,18H,5,9,11,13-14H2/t18-/m1/s1. The average Bonchev–Trinajstić information content (AvgIpc) is 3.25. The van der Waals surface area contributed by atoms with Gasteiger partial charge in [0.1, 0.15) is 5.76 Å². The minimum atomic E-state index is -3.58. The minimum absolute atomic E-state index is 0.0476. The third-order valence-corrected chi connectivity index (χ3v) is 5.74. The fourth-order valence-electron chi connectivity index (χ4n) is 2.75. The van der Waals surface area contributed by atoms with E-state index in [0.29, 0.717) is 23.6 Å². The van der Waals surface area contributed by atoms with Crippen molar-refractivity contribution >= 4 is 15.7 Å². The van der Waals surface area contributed by atoms with E-state index in [0.717, 1.165) is 12.8 Å². The molecule has 2 heterocycles. The molecule has 24 heavy (non-hydrogen) atoms. The van der Waals surface area contributed by atoms with Crippen LogP contribution in [0.4, 0.5) is 5.69 Å². The smallest absolute Gasteiger partial charge is 0.238 e. The van der Waals surface area contributed by atoms with Crippen LogP contribution in [0.3, 0.4) is 0 Å². The lowest BCUT2D eigenvalue weighted by molar-refractivity contribution is 0.127. The molecule has 1 aromatic carbocycles. The maximum atomic E-state index is 13.0. The van der Waals surface area contributed by atoms with Crippen LogP contribution in [-0.2, 0) is 21.3 Å². The Morgan fingerprint density at radius 3 is 2.83 bits per heavy atom. The zero-order valence-electron chi connectivity index (χ0n) is 13.2. The summed E-state index contributed by atoms with van der Waals surface area (Å²) in [5.74, 6) is 3.06. The first kappa shape index (κ1) is 16.6. The van der Waals surface area contributed by atoms with Gasteiger partial charge in [0.25, 0.3) is 0 Å². The molecule has 1 atom stereocenters. The number of nitrogens with zero attached hydrogens (tertiary/aromatic N) is 1. The van der Waals surface area contributed by atoms with E-state index < -0.39 is 10.0 Å². The fourth-order valence-corrected chi connectivity index (χ4v) is 4.42. The number of hydrogen-bond acceptors (Lipinski definition) is 4. The van der Waals surface area contributed by atoms with Gasteiger partial charge in [-0.1, -0.05) is 12.0 Å². The first-order valence-corrected chi connectivity index (χ1v) is 9.40. The van der Waals surface area contributed by atoms with Crippen LogP contribution in [0.2, 0.25) is 0 Å². The summed E-state index contributed by atoms with van der Waals surface area (Å²) in [4.78, 5) is 0. The van der Waals surface area contributed by atoms with Crippen LogP contribution >= 0.6 is 0 Å². The zero-order chi connectivity index (χ0) is 17.0. The number of anilines is 1. The molecule has 0 radical (unpaired) electrons. The molecule has 1 aliphatic rings. The van der Waals surface area contributed by atoms with Gasteiger partial charge in [0, 0.05) is 12.2 Å². The van der Waals surface area contributed by atoms with Crippen molar-refractivity contribution in [1.29, 1.82) is 0 Å². The molecule has 0 saturated carbocycles. The van der Waals surface area contributed by atoms with Gasteiger partial charge in [0.15, 0.2) is 0 Å². The Balaban J connectivity index is 1.92. The lowest BCUT2D eigenvalue weighted by Crippen LogP contribution is -2.36. The summed E-state index contributed by atoms with van der Waals surface area (Å²) in [6.45, 7) is 0.737. The zero-order valence-corrected chi connectivity index (χ0v) is 14.0. The molecule has 0 spiro atoms. The molecule has 5 nitrogen and oxygen atoms in total. The monoisotopic (exact) mass is 345 g/mol. The first-order chi connectivity index (χ1) is 11.6. The van der Waals surface area contributed by atoms with Crippen LogP contribution in [0.5, 0.6) is 0 Å². The quantitative estimate of drug-likeness (QED) is 0.756. The van der Waals surface area contributed by atoms with Gasteiger partial charge < -0.3 is 9.15 Å². The average molecular weight is 345 g/mol. The van der Waals surface area contributed by atoms with Gasteiger partial charge >= 0.3 is 0 Å². The maximum Gasteiger partial charge on any atom is 0.238 e. The fraction of sp³-hybridized carbons (Fsp3) is 0.333. The van der Waals surface area contributed by atoms with Crippen molar-refractivity contribution in [3.8, 4) is 12.3 Å². The first-order valence-electron chi connectivity index (χ1n) is 7.79. The van der Waals surface area contributed by atoms with E-state index in [1.165, 1.54) is 10.6 Å². The molecule has 1 aliphatic heterocycles. The predicted octanol–water partition coefficient (Wildman–Crippen LogP) is 2.78. The van der Waals surface area contributed by atoms with Crippen molar-refractivity contribution in [2.45, 2.75) is 25.5 Å². The van der Waals surface area contributed by atoms with Crippen LogP contribution in [0.1, 0.15) is 24.2 Å². The summed E-state index contributed by atoms with van der Waals surface area (Å²) in [6.07, 6.45) is 8.36. The largest absolute Gasteiger partial charge is 0.467 e. The van der Waals surface area contributed by atoms with E-state index in [1.54, 1.807) is 36.4 Å². The number of sulfonamides is 1. The Hall–Kier alpha value is -2.23. The summed E-state index contributed by atoms with van der Waals surface area (Å²) in [7, 11) is -3.58. The molecule has 0 unspecified atom stereocenters. The van der Waals surface area contributed by atoms with E-state index in [2.05, 4.69) is 5.92 Å². The van der Waals surface area contributed by atoms with Crippen LogP contribution in [0, 0.1) is 12.3 Å². The van der Waals surface area contributed by atoms with Gasteiger partial charge in [-0.2, -0.15) is 0 Å². The lowest BCUT2D eigenvalue weighted by Gasteiger charge is -2.25. The Morgan fingerprint density at radius 1 is 1.29 bits per heavy atom.